The number of nitriles is 1. The number of nitrogens with zero attached hydrogens (tertiary/aromatic N) is 1. The molecule has 0 atom stereocenters. The molecule has 0 aromatic heterocycles. The van der Waals surface area contributed by atoms with Gasteiger partial charge in [-0.05, 0) is 36.1 Å². The van der Waals surface area contributed by atoms with E-state index in [4.69, 9.17) is 10.4 Å². The van der Waals surface area contributed by atoms with Gasteiger partial charge in [-0.25, -0.2) is 4.79 Å². The van der Waals surface area contributed by atoms with Crippen LogP contribution in [0, 0.1) is 16.7 Å². The SMILES string of the molecule is CC(C)(CCC#N)CNc1ccc(C(=O)O)cc1. The third kappa shape index (κ3) is 4.46. The normalized spacial score (nSPS) is 10.7. The Morgan fingerprint density at radius 1 is 1.39 bits per heavy atom. The van der Waals surface area contributed by atoms with Crippen molar-refractivity contribution < 1.29 is 9.90 Å². The highest BCUT2D eigenvalue weighted by molar-refractivity contribution is 5.87. The molecule has 4 nitrogen and oxygen atoms in total. The third-order valence-electron chi connectivity index (χ3n) is 2.82. The van der Waals surface area contributed by atoms with Crippen LogP contribution in [0.1, 0.15) is 37.0 Å². The number of carboxylic acids is 1. The molecule has 1 aromatic rings. The van der Waals surface area contributed by atoms with Gasteiger partial charge in [-0.1, -0.05) is 13.8 Å². The van der Waals surface area contributed by atoms with Crippen molar-refractivity contribution in [1.82, 2.24) is 0 Å². The van der Waals surface area contributed by atoms with Crippen LogP contribution < -0.4 is 5.32 Å². The Hall–Kier alpha value is -2.02. The van der Waals surface area contributed by atoms with E-state index in [0.29, 0.717) is 6.42 Å². The molecule has 0 aliphatic rings. The van der Waals surface area contributed by atoms with E-state index in [1.54, 1.807) is 24.3 Å². The number of benzene rings is 1. The number of aromatic carboxylic acids is 1. The van der Waals surface area contributed by atoms with E-state index in [2.05, 4.69) is 25.2 Å². The Labute approximate surface area is 107 Å². The zero-order chi connectivity index (χ0) is 13.6. The van der Waals surface area contributed by atoms with E-state index >= 15 is 0 Å². The number of carboxylic acid groups (broad SMARTS) is 1. The minimum absolute atomic E-state index is 0.0429. The second kappa shape index (κ2) is 6.06. The molecule has 18 heavy (non-hydrogen) atoms. The summed E-state index contributed by atoms with van der Waals surface area (Å²) in [6, 6.07) is 8.81. The van der Waals surface area contributed by atoms with Crippen LogP contribution in [0.25, 0.3) is 0 Å². The fourth-order valence-corrected chi connectivity index (χ4v) is 1.55. The van der Waals surface area contributed by atoms with Crippen LogP contribution in [0.3, 0.4) is 0 Å². The zero-order valence-electron chi connectivity index (χ0n) is 10.7. The Kier molecular flexibility index (Phi) is 4.73. The van der Waals surface area contributed by atoms with Crippen molar-refractivity contribution in [2.45, 2.75) is 26.7 Å². The summed E-state index contributed by atoms with van der Waals surface area (Å²) in [5, 5.41) is 20.6. The molecule has 0 fully saturated rings. The standard InChI is InChI=1S/C14H18N2O2/c1-14(2,8-3-9-15)10-16-12-6-4-11(5-7-12)13(17)18/h4-7,16H,3,8,10H2,1-2H3,(H,17,18). The van der Waals surface area contributed by atoms with E-state index in [0.717, 1.165) is 18.7 Å². The predicted octanol–water partition coefficient (Wildman–Crippen LogP) is 3.13. The number of anilines is 1. The number of hydrogen-bond donors (Lipinski definition) is 2. The minimum Gasteiger partial charge on any atom is -0.478 e. The zero-order valence-corrected chi connectivity index (χ0v) is 10.7. The van der Waals surface area contributed by atoms with Crippen LogP contribution in [-0.2, 0) is 0 Å². The van der Waals surface area contributed by atoms with Crippen LogP contribution >= 0.6 is 0 Å². The first kappa shape index (κ1) is 14.0. The molecule has 0 bridgehead atoms. The highest BCUT2D eigenvalue weighted by Gasteiger charge is 2.16. The maximum Gasteiger partial charge on any atom is 0.335 e. The minimum atomic E-state index is -0.920. The van der Waals surface area contributed by atoms with Crippen molar-refractivity contribution in [2.24, 2.45) is 5.41 Å². The average Bonchev–Trinajstić information content (AvgIpc) is 2.35. The first-order valence-corrected chi connectivity index (χ1v) is 5.89. The fourth-order valence-electron chi connectivity index (χ4n) is 1.55. The Balaban J connectivity index is 2.53. The molecule has 96 valence electrons. The summed E-state index contributed by atoms with van der Waals surface area (Å²) in [5.41, 5.74) is 1.22. The van der Waals surface area contributed by atoms with E-state index in [9.17, 15) is 4.79 Å². The third-order valence-corrected chi connectivity index (χ3v) is 2.82. The summed E-state index contributed by atoms with van der Waals surface area (Å²) < 4.78 is 0. The van der Waals surface area contributed by atoms with Crippen LogP contribution in [0.2, 0.25) is 0 Å². The van der Waals surface area contributed by atoms with Gasteiger partial charge in [-0.2, -0.15) is 5.26 Å². The van der Waals surface area contributed by atoms with E-state index < -0.39 is 5.97 Å². The molecule has 1 aromatic carbocycles. The van der Waals surface area contributed by atoms with Gasteiger partial charge in [0, 0.05) is 18.7 Å². The lowest BCUT2D eigenvalue weighted by molar-refractivity contribution is 0.0697. The van der Waals surface area contributed by atoms with Crippen molar-refractivity contribution in [3.63, 3.8) is 0 Å². The Morgan fingerprint density at radius 3 is 2.50 bits per heavy atom. The molecule has 0 aliphatic heterocycles. The monoisotopic (exact) mass is 246 g/mol. The predicted molar refractivity (Wildman–Crippen MR) is 70.5 cm³/mol. The number of carbonyl (C=O) groups is 1. The summed E-state index contributed by atoms with van der Waals surface area (Å²) >= 11 is 0. The van der Waals surface area contributed by atoms with Gasteiger partial charge >= 0.3 is 5.97 Å². The van der Waals surface area contributed by atoms with Crippen molar-refractivity contribution in [3.8, 4) is 6.07 Å². The van der Waals surface area contributed by atoms with Crippen molar-refractivity contribution in [3.05, 3.63) is 29.8 Å². The van der Waals surface area contributed by atoms with Gasteiger partial charge in [0.2, 0.25) is 0 Å². The maximum absolute atomic E-state index is 10.7. The second-order valence-electron chi connectivity index (χ2n) is 5.06. The largest absolute Gasteiger partial charge is 0.478 e. The molecule has 4 heteroatoms. The molecule has 0 radical (unpaired) electrons. The van der Waals surface area contributed by atoms with Crippen LogP contribution in [-0.4, -0.2) is 17.6 Å². The number of hydrogen-bond acceptors (Lipinski definition) is 3. The van der Waals surface area contributed by atoms with Crippen LogP contribution in [0.15, 0.2) is 24.3 Å². The van der Waals surface area contributed by atoms with Crippen molar-refractivity contribution >= 4 is 11.7 Å². The van der Waals surface area contributed by atoms with Gasteiger partial charge in [-0.15, -0.1) is 0 Å². The lowest BCUT2D eigenvalue weighted by Gasteiger charge is -2.24. The molecule has 0 saturated heterocycles. The molecule has 0 spiro atoms. The molecule has 0 saturated carbocycles. The van der Waals surface area contributed by atoms with Crippen LogP contribution in [0.5, 0.6) is 0 Å². The Morgan fingerprint density at radius 2 is 2.00 bits per heavy atom. The summed E-state index contributed by atoms with van der Waals surface area (Å²) in [5.74, 6) is -0.920. The first-order valence-electron chi connectivity index (χ1n) is 5.89. The van der Waals surface area contributed by atoms with Crippen molar-refractivity contribution in [2.75, 3.05) is 11.9 Å². The quantitative estimate of drug-likeness (QED) is 0.808. The number of rotatable bonds is 6. The Bertz CT molecular complexity index is 444. The highest BCUT2D eigenvalue weighted by Crippen LogP contribution is 2.23. The summed E-state index contributed by atoms with van der Waals surface area (Å²) in [4.78, 5) is 10.7. The topological polar surface area (TPSA) is 73.1 Å². The van der Waals surface area contributed by atoms with E-state index in [-0.39, 0.29) is 11.0 Å². The molecule has 0 heterocycles. The lowest BCUT2D eigenvalue weighted by atomic mass is 9.88. The first-order chi connectivity index (χ1) is 8.44. The summed E-state index contributed by atoms with van der Waals surface area (Å²) in [6.45, 7) is 4.95. The average molecular weight is 246 g/mol. The molecule has 0 aliphatic carbocycles. The molecule has 1 rings (SSSR count). The lowest BCUT2D eigenvalue weighted by Crippen LogP contribution is -2.22. The highest BCUT2D eigenvalue weighted by atomic mass is 16.4. The van der Waals surface area contributed by atoms with Gasteiger partial charge in [0.05, 0.1) is 11.6 Å². The molecular weight excluding hydrogens is 228 g/mol. The van der Waals surface area contributed by atoms with Crippen molar-refractivity contribution in [1.29, 1.82) is 5.26 Å². The number of nitrogens with one attached hydrogen (secondary N) is 1. The molecule has 0 unspecified atom stereocenters. The molecule has 2 N–H and O–H groups in total. The second-order valence-corrected chi connectivity index (χ2v) is 5.06. The summed E-state index contributed by atoms with van der Waals surface area (Å²) in [6.07, 6.45) is 1.39. The van der Waals surface area contributed by atoms with E-state index in [1.165, 1.54) is 0 Å². The molecular formula is C14H18N2O2. The fraction of sp³-hybridized carbons (Fsp3) is 0.429. The molecule has 0 amide bonds. The van der Waals surface area contributed by atoms with E-state index in [1.807, 2.05) is 0 Å². The van der Waals surface area contributed by atoms with Gasteiger partial charge in [0.25, 0.3) is 0 Å². The van der Waals surface area contributed by atoms with Gasteiger partial charge < -0.3 is 10.4 Å². The van der Waals surface area contributed by atoms with Gasteiger partial charge in [-0.3, -0.25) is 0 Å². The van der Waals surface area contributed by atoms with Gasteiger partial charge in [0.1, 0.15) is 0 Å². The van der Waals surface area contributed by atoms with Gasteiger partial charge in [0.15, 0.2) is 0 Å². The maximum atomic E-state index is 10.7. The smallest absolute Gasteiger partial charge is 0.335 e. The van der Waals surface area contributed by atoms with Crippen LogP contribution in [0.4, 0.5) is 5.69 Å². The summed E-state index contributed by atoms with van der Waals surface area (Å²) in [7, 11) is 0.